The van der Waals surface area contributed by atoms with Crippen LogP contribution >= 0.6 is 11.3 Å². The largest absolute Gasteiger partial charge is 0.347 e. The molecule has 1 aromatic carbocycles. The predicted octanol–water partition coefficient (Wildman–Crippen LogP) is 3.81. The Morgan fingerprint density at radius 1 is 1.28 bits per heavy atom. The Balaban J connectivity index is 1.49. The van der Waals surface area contributed by atoms with Gasteiger partial charge in [-0.3, -0.25) is 14.5 Å². The van der Waals surface area contributed by atoms with Crippen molar-refractivity contribution in [3.63, 3.8) is 0 Å². The molecule has 4 heterocycles. The number of nitrogens with one attached hydrogen (secondary N) is 2. The first-order valence-electron chi connectivity index (χ1n) is 10.3. The number of benzene rings is 1. The van der Waals surface area contributed by atoms with Gasteiger partial charge in [-0.05, 0) is 37.1 Å². The van der Waals surface area contributed by atoms with Gasteiger partial charge in [0.25, 0.3) is 5.91 Å². The van der Waals surface area contributed by atoms with Crippen LogP contribution in [0.15, 0.2) is 49.2 Å². The zero-order chi connectivity index (χ0) is 22.4. The van der Waals surface area contributed by atoms with Gasteiger partial charge in [0.1, 0.15) is 9.71 Å². The Morgan fingerprint density at radius 2 is 2.09 bits per heavy atom. The molecule has 2 N–H and O–H groups in total. The van der Waals surface area contributed by atoms with E-state index in [9.17, 15) is 14.4 Å². The number of aromatic nitrogens is 1. The fourth-order valence-corrected chi connectivity index (χ4v) is 5.28. The van der Waals surface area contributed by atoms with E-state index < -0.39 is 0 Å². The lowest BCUT2D eigenvalue weighted by Crippen LogP contribution is -2.39. The third kappa shape index (κ3) is 3.21. The lowest BCUT2D eigenvalue weighted by molar-refractivity contribution is -0.125. The van der Waals surface area contributed by atoms with Crippen molar-refractivity contribution in [2.75, 3.05) is 23.3 Å². The number of amides is 4. The molecule has 8 nitrogen and oxygen atoms in total. The van der Waals surface area contributed by atoms with Crippen molar-refractivity contribution in [3.05, 3.63) is 59.6 Å². The molecular weight excluding hydrogens is 426 g/mol. The lowest BCUT2D eigenvalue weighted by atomic mass is 10.1. The minimum absolute atomic E-state index is 0.142. The first kappa shape index (κ1) is 20.2. The molecule has 0 spiro atoms. The fourth-order valence-electron chi connectivity index (χ4n) is 4.26. The van der Waals surface area contributed by atoms with Crippen LogP contribution < -0.4 is 15.5 Å². The number of likely N-dealkylation sites (tertiary alicyclic amines) is 1. The van der Waals surface area contributed by atoms with Crippen molar-refractivity contribution in [3.8, 4) is 0 Å². The summed E-state index contributed by atoms with van der Waals surface area (Å²) in [5.41, 5.74) is 2.92. The van der Waals surface area contributed by atoms with Crippen LogP contribution in [0.5, 0.6) is 0 Å². The molecule has 2 aromatic heterocycles. The van der Waals surface area contributed by atoms with Gasteiger partial charge in [-0.1, -0.05) is 24.8 Å². The van der Waals surface area contributed by atoms with E-state index in [1.165, 1.54) is 17.4 Å². The van der Waals surface area contributed by atoms with Gasteiger partial charge in [-0.15, -0.1) is 11.3 Å². The lowest BCUT2D eigenvalue weighted by Gasteiger charge is -2.29. The van der Waals surface area contributed by atoms with Crippen molar-refractivity contribution in [1.82, 2.24) is 15.2 Å². The zero-order valence-electron chi connectivity index (χ0n) is 17.4. The zero-order valence-corrected chi connectivity index (χ0v) is 18.2. The first-order valence-corrected chi connectivity index (χ1v) is 11.1. The topological polar surface area (TPSA) is 94.6 Å². The second-order valence-electron chi connectivity index (χ2n) is 7.82. The minimum atomic E-state index is -0.324. The van der Waals surface area contributed by atoms with E-state index in [4.69, 9.17) is 0 Å². The summed E-state index contributed by atoms with van der Waals surface area (Å²) in [6.45, 7) is 6.47. The van der Waals surface area contributed by atoms with Gasteiger partial charge in [-0.2, -0.15) is 0 Å². The van der Waals surface area contributed by atoms with Crippen LogP contribution in [-0.2, 0) is 4.79 Å². The summed E-state index contributed by atoms with van der Waals surface area (Å²) in [7, 11) is 0. The van der Waals surface area contributed by atoms with Crippen molar-refractivity contribution >= 4 is 56.5 Å². The molecule has 9 heteroatoms. The highest BCUT2D eigenvalue weighted by Crippen LogP contribution is 2.46. The molecule has 1 atom stereocenters. The number of carbonyl (C=O) groups excluding carboxylic acids is 3. The van der Waals surface area contributed by atoms with Crippen molar-refractivity contribution in [2.45, 2.75) is 19.4 Å². The standard InChI is InChI=1S/C23H21N5O3S/c1-3-17(29)27-11-9-14(12-27)25-21(30)20-19-18-16(8-10-24-22(18)32-20)28(23(31)26-19)15-7-5-4-6-13(15)2/h3-8,10,14H,1,9,11-12H2,2H3,(H,25,30)(H,26,31). The van der Waals surface area contributed by atoms with Gasteiger partial charge in [0.15, 0.2) is 0 Å². The van der Waals surface area contributed by atoms with Gasteiger partial charge in [0, 0.05) is 25.3 Å². The molecule has 32 heavy (non-hydrogen) atoms. The van der Waals surface area contributed by atoms with E-state index >= 15 is 0 Å². The molecule has 162 valence electrons. The second-order valence-corrected chi connectivity index (χ2v) is 8.81. The maximum Gasteiger partial charge on any atom is 0.331 e. The third-order valence-corrected chi connectivity index (χ3v) is 6.91. The Hall–Kier alpha value is -3.72. The van der Waals surface area contributed by atoms with Crippen LogP contribution in [-0.4, -0.2) is 46.9 Å². The molecule has 3 aromatic rings. The smallest absolute Gasteiger partial charge is 0.331 e. The summed E-state index contributed by atoms with van der Waals surface area (Å²) in [4.78, 5) is 46.9. The van der Waals surface area contributed by atoms with Crippen molar-refractivity contribution in [2.24, 2.45) is 0 Å². The molecule has 0 bridgehead atoms. The van der Waals surface area contributed by atoms with Crippen LogP contribution in [0.25, 0.3) is 10.2 Å². The van der Waals surface area contributed by atoms with Crippen LogP contribution in [0.2, 0.25) is 0 Å². The SMILES string of the molecule is C=CC(=O)N1CCC(NC(=O)c2sc3nccc4c3c2NC(=O)N4c2ccccc2C)C1. The van der Waals surface area contributed by atoms with Crippen molar-refractivity contribution in [1.29, 1.82) is 0 Å². The third-order valence-electron chi connectivity index (χ3n) is 5.82. The number of thiophene rings is 1. The maximum absolute atomic E-state index is 13.1. The van der Waals surface area contributed by atoms with Gasteiger partial charge in [0.2, 0.25) is 5.91 Å². The highest BCUT2D eigenvalue weighted by atomic mass is 32.1. The number of para-hydroxylation sites is 1. The van der Waals surface area contributed by atoms with Crippen molar-refractivity contribution < 1.29 is 14.4 Å². The molecule has 0 radical (unpaired) electrons. The number of nitrogens with zero attached hydrogens (tertiary/aromatic N) is 3. The number of aryl methyl sites for hydroxylation is 1. The van der Waals surface area contributed by atoms with E-state index in [0.29, 0.717) is 40.6 Å². The summed E-state index contributed by atoms with van der Waals surface area (Å²) in [6, 6.07) is 8.97. The molecule has 2 aliphatic rings. The highest BCUT2D eigenvalue weighted by molar-refractivity contribution is 7.21. The number of rotatable bonds is 4. The van der Waals surface area contributed by atoms with E-state index in [2.05, 4.69) is 22.2 Å². The van der Waals surface area contributed by atoms with Gasteiger partial charge in [-0.25, -0.2) is 9.78 Å². The van der Waals surface area contributed by atoms with E-state index in [1.54, 1.807) is 22.1 Å². The Kier molecular flexibility index (Phi) is 4.90. The molecular formula is C23H21N5O3S. The molecule has 1 fully saturated rings. The molecule has 2 aliphatic heterocycles. The number of hydrogen-bond acceptors (Lipinski definition) is 5. The average Bonchev–Trinajstić information content (AvgIpc) is 3.40. The van der Waals surface area contributed by atoms with Crippen LogP contribution in [0.3, 0.4) is 0 Å². The average molecular weight is 448 g/mol. The summed E-state index contributed by atoms with van der Waals surface area (Å²) in [5, 5.41) is 6.66. The molecule has 0 saturated carbocycles. The number of carbonyl (C=O) groups is 3. The van der Waals surface area contributed by atoms with Gasteiger partial charge in [0.05, 0.1) is 22.4 Å². The first-order chi connectivity index (χ1) is 15.5. The molecule has 1 saturated heterocycles. The summed E-state index contributed by atoms with van der Waals surface area (Å²) in [5.74, 6) is -0.424. The minimum Gasteiger partial charge on any atom is -0.347 e. The summed E-state index contributed by atoms with van der Waals surface area (Å²) >= 11 is 1.25. The number of hydrogen-bond donors (Lipinski definition) is 2. The van der Waals surface area contributed by atoms with Crippen LogP contribution in [0.1, 0.15) is 21.7 Å². The molecule has 4 amide bonds. The summed E-state index contributed by atoms with van der Waals surface area (Å²) in [6.07, 6.45) is 3.60. The molecule has 5 rings (SSSR count). The van der Waals surface area contributed by atoms with Crippen LogP contribution in [0.4, 0.5) is 21.9 Å². The molecule has 0 aliphatic carbocycles. The monoisotopic (exact) mass is 447 g/mol. The second kappa shape index (κ2) is 7.76. The van der Waals surface area contributed by atoms with E-state index in [0.717, 1.165) is 16.6 Å². The van der Waals surface area contributed by atoms with E-state index in [-0.39, 0.29) is 23.9 Å². The fraction of sp³-hybridized carbons (Fsp3) is 0.217. The van der Waals surface area contributed by atoms with Gasteiger partial charge >= 0.3 is 6.03 Å². The maximum atomic E-state index is 13.1. The van der Waals surface area contributed by atoms with E-state index in [1.807, 2.05) is 31.2 Å². The van der Waals surface area contributed by atoms with Gasteiger partial charge < -0.3 is 15.5 Å². The number of pyridine rings is 1. The molecule has 1 unspecified atom stereocenters. The predicted molar refractivity (Wildman–Crippen MR) is 125 cm³/mol. The highest BCUT2D eigenvalue weighted by Gasteiger charge is 2.34. The Bertz CT molecular complexity index is 1280. The quantitative estimate of drug-likeness (QED) is 0.595. The number of anilines is 3. The Labute approximate surface area is 188 Å². The normalized spacial score (nSPS) is 17.4. The summed E-state index contributed by atoms with van der Waals surface area (Å²) < 4.78 is 0. The Morgan fingerprint density at radius 3 is 2.88 bits per heavy atom. The number of urea groups is 1. The van der Waals surface area contributed by atoms with Crippen LogP contribution in [0, 0.1) is 6.92 Å².